The molecule has 3 heterocycles. The number of hydrogen-bond acceptors (Lipinski definition) is 6. The Bertz CT molecular complexity index is 1270. The molecule has 2 fully saturated rings. The lowest BCUT2D eigenvalue weighted by Crippen LogP contribution is -2.50. The van der Waals surface area contributed by atoms with E-state index in [0.29, 0.717) is 36.1 Å². The van der Waals surface area contributed by atoms with Crippen LogP contribution in [0, 0.1) is 5.82 Å². The molecule has 1 saturated heterocycles. The van der Waals surface area contributed by atoms with Crippen LogP contribution in [0.5, 0.6) is 0 Å². The first kappa shape index (κ1) is 23.6. The maximum absolute atomic E-state index is 14.8. The molecule has 0 bridgehead atoms. The molecule has 1 aliphatic heterocycles. The Morgan fingerprint density at radius 2 is 1.94 bits per heavy atom. The molecule has 0 N–H and O–H groups in total. The zero-order valence-corrected chi connectivity index (χ0v) is 19.5. The standard InChI is InChI=1S/C23H25F4N5O3/c1-21(2,3)34-20(33)31-10-13(11-31)18-17-14(24)6-4-7-15(17)32(29-18)12-16-28-19(35-30-16)22(8-5-9-22)23(25,26)27/h4,6-7,13H,5,8-12H2,1-3H3. The monoisotopic (exact) mass is 495 g/mol. The van der Waals surface area contributed by atoms with Crippen molar-refractivity contribution in [3.63, 3.8) is 0 Å². The largest absolute Gasteiger partial charge is 0.444 e. The van der Waals surface area contributed by atoms with Crippen molar-refractivity contribution in [2.45, 2.75) is 69.7 Å². The summed E-state index contributed by atoms with van der Waals surface area (Å²) in [5.41, 5.74) is -1.81. The molecule has 1 amide bonds. The molecule has 3 aromatic rings. The van der Waals surface area contributed by atoms with Gasteiger partial charge in [0.15, 0.2) is 5.82 Å². The van der Waals surface area contributed by atoms with E-state index in [-0.39, 0.29) is 31.1 Å². The van der Waals surface area contributed by atoms with Crippen molar-refractivity contribution in [2.75, 3.05) is 13.1 Å². The number of aromatic nitrogens is 4. The van der Waals surface area contributed by atoms with Crippen molar-refractivity contribution < 1.29 is 31.6 Å². The number of carbonyl (C=O) groups is 1. The van der Waals surface area contributed by atoms with Crippen LogP contribution in [-0.4, -0.2) is 55.8 Å². The maximum Gasteiger partial charge on any atom is 0.410 e. The minimum Gasteiger partial charge on any atom is -0.444 e. The Kier molecular flexibility index (Phi) is 5.33. The Morgan fingerprint density at radius 1 is 1.23 bits per heavy atom. The number of amides is 1. The first-order valence-electron chi connectivity index (χ1n) is 11.4. The summed E-state index contributed by atoms with van der Waals surface area (Å²) in [4.78, 5) is 17.8. The van der Waals surface area contributed by atoms with E-state index in [0.717, 1.165) is 0 Å². The molecule has 0 spiro atoms. The van der Waals surface area contributed by atoms with Crippen molar-refractivity contribution in [1.82, 2.24) is 24.8 Å². The Balaban J connectivity index is 1.39. The molecular formula is C23H25F4N5O3. The second-order valence-corrected chi connectivity index (χ2v) is 10.2. The number of benzene rings is 1. The van der Waals surface area contributed by atoms with Crippen LogP contribution in [0.2, 0.25) is 0 Å². The average molecular weight is 495 g/mol. The minimum atomic E-state index is -4.48. The van der Waals surface area contributed by atoms with E-state index >= 15 is 0 Å². The zero-order valence-electron chi connectivity index (χ0n) is 19.5. The number of fused-ring (bicyclic) bond motifs is 1. The van der Waals surface area contributed by atoms with E-state index in [4.69, 9.17) is 9.26 Å². The highest BCUT2D eigenvalue weighted by Crippen LogP contribution is 2.54. The van der Waals surface area contributed by atoms with Crippen molar-refractivity contribution in [3.8, 4) is 0 Å². The van der Waals surface area contributed by atoms with E-state index in [1.807, 2.05) is 0 Å². The van der Waals surface area contributed by atoms with Gasteiger partial charge >= 0.3 is 12.3 Å². The van der Waals surface area contributed by atoms with E-state index in [9.17, 15) is 22.4 Å². The predicted molar refractivity (Wildman–Crippen MR) is 115 cm³/mol. The molecule has 2 aromatic heterocycles. The van der Waals surface area contributed by atoms with Gasteiger partial charge in [0.2, 0.25) is 5.89 Å². The van der Waals surface area contributed by atoms with Gasteiger partial charge in [0.25, 0.3) is 0 Å². The fraction of sp³-hybridized carbons (Fsp3) is 0.565. The highest BCUT2D eigenvalue weighted by molar-refractivity contribution is 5.84. The molecule has 0 radical (unpaired) electrons. The number of carbonyl (C=O) groups excluding carboxylic acids is 1. The van der Waals surface area contributed by atoms with Crippen LogP contribution >= 0.6 is 0 Å². The third-order valence-corrected chi connectivity index (χ3v) is 6.59. The number of halogens is 4. The van der Waals surface area contributed by atoms with Crippen molar-refractivity contribution in [1.29, 1.82) is 0 Å². The average Bonchev–Trinajstić information content (AvgIpc) is 3.24. The number of ether oxygens (including phenoxy) is 1. The smallest absolute Gasteiger partial charge is 0.410 e. The van der Waals surface area contributed by atoms with Crippen molar-refractivity contribution >= 4 is 17.0 Å². The maximum atomic E-state index is 14.8. The molecule has 0 atom stereocenters. The Hall–Kier alpha value is -3.18. The number of nitrogens with zero attached hydrogens (tertiary/aromatic N) is 5. The number of rotatable bonds is 4. The first-order valence-corrected chi connectivity index (χ1v) is 11.4. The third-order valence-electron chi connectivity index (χ3n) is 6.59. The molecule has 8 nitrogen and oxygen atoms in total. The van der Waals surface area contributed by atoms with Gasteiger partial charge in [0, 0.05) is 19.0 Å². The van der Waals surface area contributed by atoms with Gasteiger partial charge in [-0.15, -0.1) is 0 Å². The summed E-state index contributed by atoms with van der Waals surface area (Å²) in [6.07, 6.45) is -4.67. The van der Waals surface area contributed by atoms with Crippen LogP contribution in [0.3, 0.4) is 0 Å². The quantitative estimate of drug-likeness (QED) is 0.478. The van der Waals surface area contributed by atoms with Crippen LogP contribution in [-0.2, 0) is 16.7 Å². The molecule has 188 valence electrons. The molecular weight excluding hydrogens is 470 g/mol. The van der Waals surface area contributed by atoms with Crippen molar-refractivity contribution in [2.24, 2.45) is 0 Å². The third kappa shape index (κ3) is 4.02. The van der Waals surface area contributed by atoms with Gasteiger partial charge < -0.3 is 14.2 Å². The Morgan fingerprint density at radius 3 is 2.54 bits per heavy atom. The summed E-state index contributed by atoms with van der Waals surface area (Å²) in [6, 6.07) is 4.52. The van der Waals surface area contributed by atoms with E-state index in [1.54, 1.807) is 26.8 Å². The molecule has 1 aliphatic carbocycles. The summed E-state index contributed by atoms with van der Waals surface area (Å²) in [5.74, 6) is -1.10. The molecule has 0 unspecified atom stereocenters. The fourth-order valence-corrected chi connectivity index (χ4v) is 4.54. The van der Waals surface area contributed by atoms with Gasteiger partial charge in [-0.2, -0.15) is 23.3 Å². The highest BCUT2D eigenvalue weighted by Gasteiger charge is 2.63. The predicted octanol–water partition coefficient (Wildman–Crippen LogP) is 4.93. The summed E-state index contributed by atoms with van der Waals surface area (Å²) in [5, 5.41) is 8.60. The molecule has 5 rings (SSSR count). The molecule has 12 heteroatoms. The summed E-state index contributed by atoms with van der Waals surface area (Å²) < 4.78 is 67.5. The lowest BCUT2D eigenvalue weighted by atomic mass is 9.68. The van der Waals surface area contributed by atoms with Gasteiger partial charge in [-0.1, -0.05) is 17.6 Å². The normalized spacial score (nSPS) is 18.4. The Labute approximate surface area is 198 Å². The summed E-state index contributed by atoms with van der Waals surface area (Å²) in [6.45, 7) is 5.87. The zero-order chi connectivity index (χ0) is 25.2. The van der Waals surface area contributed by atoms with Gasteiger partial charge in [-0.25, -0.2) is 9.18 Å². The summed E-state index contributed by atoms with van der Waals surface area (Å²) in [7, 11) is 0. The van der Waals surface area contributed by atoms with Gasteiger partial charge in [0.05, 0.1) is 16.6 Å². The number of hydrogen-bond donors (Lipinski definition) is 0. The number of alkyl halides is 3. The van der Waals surface area contributed by atoms with E-state index < -0.39 is 35.0 Å². The van der Waals surface area contributed by atoms with Crippen molar-refractivity contribution in [3.05, 3.63) is 41.4 Å². The highest BCUT2D eigenvalue weighted by atomic mass is 19.4. The molecule has 1 saturated carbocycles. The second-order valence-electron chi connectivity index (χ2n) is 10.2. The van der Waals surface area contributed by atoms with Crippen LogP contribution in [0.1, 0.15) is 63.4 Å². The molecule has 2 aliphatic rings. The van der Waals surface area contributed by atoms with Gasteiger partial charge in [-0.05, 0) is 45.7 Å². The van der Waals surface area contributed by atoms with Crippen LogP contribution in [0.15, 0.2) is 22.7 Å². The topological polar surface area (TPSA) is 86.3 Å². The molecule has 35 heavy (non-hydrogen) atoms. The van der Waals surface area contributed by atoms with Gasteiger partial charge in [-0.3, -0.25) is 4.68 Å². The van der Waals surface area contributed by atoms with Crippen LogP contribution < -0.4 is 0 Å². The fourth-order valence-electron chi connectivity index (χ4n) is 4.54. The first-order chi connectivity index (χ1) is 16.4. The lowest BCUT2D eigenvalue weighted by Gasteiger charge is -2.39. The van der Waals surface area contributed by atoms with E-state index in [2.05, 4.69) is 15.2 Å². The minimum absolute atomic E-state index is 0.0275. The lowest BCUT2D eigenvalue weighted by molar-refractivity contribution is -0.220. The second kappa shape index (κ2) is 7.92. The van der Waals surface area contributed by atoms with E-state index in [1.165, 1.54) is 21.7 Å². The van der Waals surface area contributed by atoms with Crippen LogP contribution in [0.25, 0.3) is 10.9 Å². The van der Waals surface area contributed by atoms with Gasteiger partial charge in [0.1, 0.15) is 23.4 Å². The number of likely N-dealkylation sites (tertiary alicyclic amines) is 1. The summed E-state index contributed by atoms with van der Waals surface area (Å²) >= 11 is 0. The van der Waals surface area contributed by atoms with Crippen LogP contribution in [0.4, 0.5) is 22.4 Å². The SMILES string of the molecule is CC(C)(C)OC(=O)N1CC(c2nn(Cc3noc(C4(C(F)(F)F)CCC4)n3)c3cccc(F)c23)C1. The molecule has 1 aromatic carbocycles.